The van der Waals surface area contributed by atoms with Crippen LogP contribution in [0.15, 0.2) is 5.16 Å². The maximum absolute atomic E-state index is 11.4. The predicted molar refractivity (Wildman–Crippen MR) is 105 cm³/mol. The van der Waals surface area contributed by atoms with E-state index in [-0.39, 0.29) is 12.1 Å². The van der Waals surface area contributed by atoms with Crippen molar-refractivity contribution in [1.82, 2.24) is 0 Å². The first kappa shape index (κ1) is 27.9. The third kappa shape index (κ3) is 19.1. The molecular formula is C20H43NO3. The summed E-state index contributed by atoms with van der Waals surface area (Å²) in [5, 5.41) is 13.4. The molecule has 0 spiro atoms. The van der Waals surface area contributed by atoms with Gasteiger partial charge in [-0.1, -0.05) is 66.5 Å². The van der Waals surface area contributed by atoms with Crippen LogP contribution in [0.5, 0.6) is 0 Å². The number of hydrogen-bond acceptors (Lipinski definition) is 4. The molecule has 0 radical (unpaired) electrons. The van der Waals surface area contributed by atoms with Gasteiger partial charge in [-0.15, -0.1) is 0 Å². The number of aliphatic hydroxyl groups is 1. The molecule has 0 heterocycles. The van der Waals surface area contributed by atoms with Crippen molar-refractivity contribution in [1.29, 1.82) is 0 Å². The SMILES string of the molecule is CC.CC.CC.CCCC(O)CCCC(=O)ON=C1CCCCC1. The van der Waals surface area contributed by atoms with Crippen LogP contribution < -0.4 is 0 Å². The molecule has 24 heavy (non-hydrogen) atoms. The highest BCUT2D eigenvalue weighted by Gasteiger charge is 2.10. The van der Waals surface area contributed by atoms with Crippen molar-refractivity contribution in [3.05, 3.63) is 0 Å². The molecule has 1 N–H and O–H groups in total. The molecule has 1 rings (SSSR count). The molecule has 0 aromatic heterocycles. The van der Waals surface area contributed by atoms with Crippen molar-refractivity contribution in [3.8, 4) is 0 Å². The van der Waals surface area contributed by atoms with E-state index in [0.29, 0.717) is 19.3 Å². The zero-order valence-corrected chi connectivity index (χ0v) is 17.4. The van der Waals surface area contributed by atoms with E-state index < -0.39 is 0 Å². The van der Waals surface area contributed by atoms with Crippen molar-refractivity contribution in [3.63, 3.8) is 0 Å². The summed E-state index contributed by atoms with van der Waals surface area (Å²) in [6, 6.07) is 0. The molecule has 1 atom stereocenters. The van der Waals surface area contributed by atoms with Crippen LogP contribution in [0.3, 0.4) is 0 Å². The lowest BCUT2D eigenvalue weighted by atomic mass is 9.99. The van der Waals surface area contributed by atoms with Crippen molar-refractivity contribution in [2.45, 2.75) is 119 Å². The summed E-state index contributed by atoms with van der Waals surface area (Å²) in [5.41, 5.74) is 1.01. The fraction of sp³-hybridized carbons (Fsp3) is 0.900. The number of hydrogen-bond donors (Lipinski definition) is 1. The van der Waals surface area contributed by atoms with Crippen LogP contribution in [0.1, 0.15) is 113 Å². The molecule has 4 nitrogen and oxygen atoms in total. The van der Waals surface area contributed by atoms with E-state index in [1.165, 1.54) is 6.42 Å². The minimum Gasteiger partial charge on any atom is -0.393 e. The maximum Gasteiger partial charge on any atom is 0.335 e. The Labute approximate surface area is 151 Å². The van der Waals surface area contributed by atoms with Crippen LogP contribution in [-0.4, -0.2) is 22.9 Å². The van der Waals surface area contributed by atoms with Gasteiger partial charge in [0.05, 0.1) is 11.8 Å². The van der Waals surface area contributed by atoms with Gasteiger partial charge in [0, 0.05) is 6.42 Å². The van der Waals surface area contributed by atoms with Crippen LogP contribution in [0.2, 0.25) is 0 Å². The van der Waals surface area contributed by atoms with Crippen molar-refractivity contribution in [2.75, 3.05) is 0 Å². The summed E-state index contributed by atoms with van der Waals surface area (Å²) in [5.74, 6) is -0.281. The van der Waals surface area contributed by atoms with E-state index in [9.17, 15) is 9.90 Å². The van der Waals surface area contributed by atoms with E-state index in [1.807, 2.05) is 48.5 Å². The van der Waals surface area contributed by atoms with Gasteiger partial charge >= 0.3 is 5.97 Å². The van der Waals surface area contributed by atoms with Gasteiger partial charge in [0.25, 0.3) is 0 Å². The van der Waals surface area contributed by atoms with Crippen LogP contribution >= 0.6 is 0 Å². The molecule has 0 amide bonds. The number of nitrogens with zero attached hydrogens (tertiary/aromatic N) is 1. The Morgan fingerprint density at radius 3 is 2.08 bits per heavy atom. The molecule has 0 saturated heterocycles. The van der Waals surface area contributed by atoms with Crippen molar-refractivity contribution >= 4 is 11.7 Å². The predicted octanol–water partition coefficient (Wildman–Crippen LogP) is 6.26. The van der Waals surface area contributed by atoms with Gasteiger partial charge < -0.3 is 9.94 Å². The lowest BCUT2D eigenvalue weighted by Gasteiger charge is -2.11. The molecule has 0 bridgehead atoms. The third-order valence-electron chi connectivity index (χ3n) is 3.25. The molecule has 1 aliphatic rings. The molecule has 0 aromatic carbocycles. The average molecular weight is 346 g/mol. The molecule has 1 unspecified atom stereocenters. The number of oxime groups is 1. The normalized spacial score (nSPS) is 13.8. The quantitative estimate of drug-likeness (QED) is 0.437. The number of aliphatic hydroxyl groups excluding tert-OH is 1. The first-order chi connectivity index (χ1) is 11.7. The van der Waals surface area contributed by atoms with Crippen LogP contribution in [-0.2, 0) is 9.63 Å². The Balaban J connectivity index is -0.000000659. The molecule has 0 aliphatic heterocycles. The van der Waals surface area contributed by atoms with Crippen LogP contribution in [0, 0.1) is 0 Å². The Hall–Kier alpha value is -0.900. The maximum atomic E-state index is 11.4. The zero-order chi connectivity index (χ0) is 19.2. The Kier molecular flexibility index (Phi) is 28.3. The average Bonchev–Trinajstić information content (AvgIpc) is 2.66. The minimum atomic E-state index is -0.285. The summed E-state index contributed by atoms with van der Waals surface area (Å²) < 4.78 is 0. The number of carbonyl (C=O) groups is 1. The second kappa shape index (κ2) is 24.4. The summed E-state index contributed by atoms with van der Waals surface area (Å²) in [6.07, 6.45) is 8.65. The standard InChI is InChI=1S/C14H25NO3.3C2H6/c1-2-7-13(16)10-6-11-14(17)18-15-12-8-4-3-5-9-12;3*1-2/h13,16H,2-11H2,1H3;3*1-2H3. The molecular weight excluding hydrogens is 302 g/mol. The molecule has 1 aliphatic carbocycles. The summed E-state index contributed by atoms with van der Waals surface area (Å²) >= 11 is 0. The first-order valence-electron chi connectivity index (χ1n) is 10.2. The third-order valence-corrected chi connectivity index (χ3v) is 3.25. The number of carbonyl (C=O) groups excluding carboxylic acids is 1. The fourth-order valence-corrected chi connectivity index (χ4v) is 2.17. The molecule has 1 saturated carbocycles. The van der Waals surface area contributed by atoms with Gasteiger partial charge in [-0.25, -0.2) is 4.79 Å². The highest BCUT2D eigenvalue weighted by atomic mass is 16.7. The van der Waals surface area contributed by atoms with Gasteiger partial charge in [-0.05, 0) is 44.9 Å². The second-order valence-corrected chi connectivity index (χ2v) is 5.02. The van der Waals surface area contributed by atoms with Crippen molar-refractivity contribution in [2.24, 2.45) is 5.16 Å². The lowest BCUT2D eigenvalue weighted by molar-refractivity contribution is -0.143. The highest BCUT2D eigenvalue weighted by Crippen LogP contribution is 2.15. The van der Waals surface area contributed by atoms with Gasteiger partial charge in [0.1, 0.15) is 0 Å². The van der Waals surface area contributed by atoms with Crippen molar-refractivity contribution < 1.29 is 14.7 Å². The van der Waals surface area contributed by atoms with Crippen LogP contribution in [0.25, 0.3) is 0 Å². The van der Waals surface area contributed by atoms with Gasteiger partial charge in [0.2, 0.25) is 0 Å². The molecule has 146 valence electrons. The minimum absolute atomic E-state index is 0.281. The Bertz CT molecular complexity index is 270. The van der Waals surface area contributed by atoms with Gasteiger partial charge in [0.15, 0.2) is 0 Å². The van der Waals surface area contributed by atoms with Crippen LogP contribution in [0.4, 0.5) is 0 Å². The molecule has 0 aromatic rings. The van der Waals surface area contributed by atoms with E-state index in [0.717, 1.165) is 44.2 Å². The molecule has 4 heteroatoms. The lowest BCUT2D eigenvalue weighted by Crippen LogP contribution is -2.09. The van der Waals surface area contributed by atoms with Gasteiger partial charge in [-0.3, -0.25) is 0 Å². The van der Waals surface area contributed by atoms with E-state index in [2.05, 4.69) is 5.16 Å². The summed E-state index contributed by atoms with van der Waals surface area (Å²) in [6.45, 7) is 14.0. The monoisotopic (exact) mass is 345 g/mol. The van der Waals surface area contributed by atoms with Gasteiger partial charge in [-0.2, -0.15) is 0 Å². The number of rotatable bonds is 7. The smallest absolute Gasteiger partial charge is 0.335 e. The first-order valence-corrected chi connectivity index (χ1v) is 10.2. The zero-order valence-electron chi connectivity index (χ0n) is 17.4. The topological polar surface area (TPSA) is 58.9 Å². The Morgan fingerprint density at radius 2 is 1.58 bits per heavy atom. The largest absolute Gasteiger partial charge is 0.393 e. The summed E-state index contributed by atoms with van der Waals surface area (Å²) in [4.78, 5) is 16.3. The van der Waals surface area contributed by atoms with E-state index in [4.69, 9.17) is 4.84 Å². The van der Waals surface area contributed by atoms with E-state index in [1.54, 1.807) is 0 Å². The fourth-order valence-electron chi connectivity index (χ4n) is 2.17. The summed E-state index contributed by atoms with van der Waals surface area (Å²) in [7, 11) is 0. The molecule has 1 fully saturated rings. The van der Waals surface area contributed by atoms with E-state index >= 15 is 0 Å². The second-order valence-electron chi connectivity index (χ2n) is 5.02. The Morgan fingerprint density at radius 1 is 1.04 bits per heavy atom. The highest BCUT2D eigenvalue weighted by molar-refractivity contribution is 5.85.